The lowest BCUT2D eigenvalue weighted by atomic mass is 10.1. The van der Waals surface area contributed by atoms with Gasteiger partial charge in [-0.25, -0.2) is 4.98 Å². The molecular weight excluding hydrogens is 172 g/mol. The molecule has 1 rings (SSSR count). The average molecular weight is 186 g/mol. The van der Waals surface area contributed by atoms with Crippen LogP contribution < -0.4 is 0 Å². The number of aliphatic hydroxyl groups excluding tert-OH is 3. The molecule has 13 heavy (non-hydrogen) atoms. The maximum Gasteiger partial charge on any atom is 0.123 e. The third-order valence-corrected chi connectivity index (χ3v) is 1.82. The Morgan fingerprint density at radius 2 is 2.23 bits per heavy atom. The molecule has 1 aromatic rings. The van der Waals surface area contributed by atoms with Crippen LogP contribution in [-0.2, 0) is 7.05 Å². The van der Waals surface area contributed by atoms with Crippen LogP contribution in [0, 0.1) is 0 Å². The van der Waals surface area contributed by atoms with Gasteiger partial charge in [-0.15, -0.1) is 0 Å². The van der Waals surface area contributed by atoms with Crippen molar-refractivity contribution in [3.63, 3.8) is 0 Å². The van der Waals surface area contributed by atoms with Crippen molar-refractivity contribution in [1.29, 1.82) is 0 Å². The molecule has 0 fully saturated rings. The predicted molar refractivity (Wildman–Crippen MR) is 45.9 cm³/mol. The molecule has 0 aliphatic rings. The van der Waals surface area contributed by atoms with Gasteiger partial charge in [0.15, 0.2) is 0 Å². The molecule has 5 nitrogen and oxygen atoms in total. The molecule has 5 heteroatoms. The van der Waals surface area contributed by atoms with Crippen molar-refractivity contribution in [3.8, 4) is 0 Å². The van der Waals surface area contributed by atoms with E-state index >= 15 is 0 Å². The molecule has 0 saturated carbocycles. The third-order valence-electron chi connectivity index (χ3n) is 1.82. The zero-order chi connectivity index (χ0) is 9.84. The second kappa shape index (κ2) is 4.36. The lowest BCUT2D eigenvalue weighted by Crippen LogP contribution is -2.19. The Balaban J connectivity index is 2.61. The van der Waals surface area contributed by atoms with Crippen molar-refractivity contribution >= 4 is 0 Å². The van der Waals surface area contributed by atoms with E-state index in [0.29, 0.717) is 5.69 Å². The lowest BCUT2D eigenvalue weighted by Gasteiger charge is -2.14. The summed E-state index contributed by atoms with van der Waals surface area (Å²) in [5.41, 5.74) is 0.420. The molecular formula is C8H14N2O3. The highest BCUT2D eigenvalue weighted by molar-refractivity contribution is 5.02. The van der Waals surface area contributed by atoms with Gasteiger partial charge in [0, 0.05) is 19.9 Å². The highest BCUT2D eigenvalue weighted by Gasteiger charge is 2.19. The van der Waals surface area contributed by atoms with Crippen LogP contribution in [0.1, 0.15) is 18.2 Å². The van der Waals surface area contributed by atoms with Crippen LogP contribution in [0.3, 0.4) is 0 Å². The van der Waals surface area contributed by atoms with E-state index in [4.69, 9.17) is 5.11 Å². The first-order valence-corrected chi connectivity index (χ1v) is 4.10. The number of hydrogen-bond donors (Lipinski definition) is 3. The summed E-state index contributed by atoms with van der Waals surface area (Å²) in [5, 5.41) is 27.4. The fourth-order valence-electron chi connectivity index (χ4n) is 1.07. The summed E-state index contributed by atoms with van der Waals surface area (Å²) in [6.45, 7) is -0.148. The highest BCUT2D eigenvalue weighted by Crippen LogP contribution is 2.15. The molecule has 0 radical (unpaired) electrons. The van der Waals surface area contributed by atoms with Gasteiger partial charge in [-0.2, -0.15) is 0 Å². The molecule has 0 aliphatic heterocycles. The Bertz CT molecular complexity index is 262. The van der Waals surface area contributed by atoms with Crippen LogP contribution in [0.4, 0.5) is 0 Å². The van der Waals surface area contributed by atoms with Crippen LogP contribution >= 0.6 is 0 Å². The van der Waals surface area contributed by atoms with E-state index in [1.54, 1.807) is 24.1 Å². The lowest BCUT2D eigenvalue weighted by molar-refractivity contribution is 0.00208. The Labute approximate surface area is 76.3 Å². The van der Waals surface area contributed by atoms with E-state index < -0.39 is 12.2 Å². The van der Waals surface area contributed by atoms with Gasteiger partial charge < -0.3 is 19.9 Å². The van der Waals surface area contributed by atoms with Gasteiger partial charge in [-0.3, -0.25) is 0 Å². The average Bonchev–Trinajstić information content (AvgIpc) is 2.51. The van der Waals surface area contributed by atoms with Crippen molar-refractivity contribution in [2.75, 3.05) is 6.61 Å². The van der Waals surface area contributed by atoms with E-state index in [2.05, 4.69) is 4.98 Å². The molecule has 1 aromatic heterocycles. The largest absolute Gasteiger partial charge is 0.396 e. The summed E-state index contributed by atoms with van der Waals surface area (Å²) in [6, 6.07) is 0. The van der Waals surface area contributed by atoms with Crippen molar-refractivity contribution in [3.05, 3.63) is 18.2 Å². The molecule has 3 N–H and O–H groups in total. The molecule has 0 aliphatic carbocycles. The second-order valence-electron chi connectivity index (χ2n) is 2.99. The molecule has 0 saturated heterocycles. The number of aliphatic hydroxyl groups is 3. The number of rotatable bonds is 4. The molecule has 0 spiro atoms. The molecule has 74 valence electrons. The summed E-state index contributed by atoms with van der Waals surface area (Å²) in [4.78, 5) is 3.89. The van der Waals surface area contributed by atoms with Gasteiger partial charge in [-0.1, -0.05) is 0 Å². The Kier molecular flexibility index (Phi) is 3.41. The zero-order valence-electron chi connectivity index (χ0n) is 7.46. The fraction of sp³-hybridized carbons (Fsp3) is 0.625. The highest BCUT2D eigenvalue weighted by atomic mass is 16.3. The SMILES string of the molecule is Cn1cnc(C(O)C(O)CCO)c1. The number of imidazole rings is 1. The maximum atomic E-state index is 9.50. The van der Waals surface area contributed by atoms with E-state index in [1.807, 2.05) is 0 Å². The zero-order valence-corrected chi connectivity index (χ0v) is 7.46. The van der Waals surface area contributed by atoms with Crippen molar-refractivity contribution < 1.29 is 15.3 Å². The predicted octanol–water partition coefficient (Wildman–Crippen LogP) is -0.803. The maximum absolute atomic E-state index is 9.50. The smallest absolute Gasteiger partial charge is 0.123 e. The van der Waals surface area contributed by atoms with E-state index in [1.165, 1.54) is 0 Å². The Hall–Kier alpha value is -0.910. The molecule has 2 atom stereocenters. The number of nitrogens with zero attached hydrogens (tertiary/aromatic N) is 2. The summed E-state index contributed by atoms with van der Waals surface area (Å²) in [6.07, 6.45) is 1.35. The van der Waals surface area contributed by atoms with Crippen molar-refractivity contribution in [2.24, 2.45) is 7.05 Å². The number of hydrogen-bond acceptors (Lipinski definition) is 4. The minimum Gasteiger partial charge on any atom is -0.396 e. The molecule has 2 unspecified atom stereocenters. The van der Waals surface area contributed by atoms with Gasteiger partial charge >= 0.3 is 0 Å². The van der Waals surface area contributed by atoms with Gasteiger partial charge in [0.2, 0.25) is 0 Å². The van der Waals surface area contributed by atoms with Crippen LogP contribution in [0.5, 0.6) is 0 Å². The number of aryl methyl sites for hydroxylation is 1. The Morgan fingerprint density at radius 3 is 2.69 bits per heavy atom. The Morgan fingerprint density at radius 1 is 1.54 bits per heavy atom. The minimum atomic E-state index is -1.02. The van der Waals surface area contributed by atoms with Gasteiger partial charge in [0.1, 0.15) is 6.10 Å². The first kappa shape index (κ1) is 10.2. The summed E-state index contributed by atoms with van der Waals surface area (Å²) in [7, 11) is 1.78. The van der Waals surface area contributed by atoms with Crippen LogP contribution in [0.25, 0.3) is 0 Å². The van der Waals surface area contributed by atoms with Gasteiger partial charge in [0.25, 0.3) is 0 Å². The van der Waals surface area contributed by atoms with Crippen LogP contribution in [-0.4, -0.2) is 37.6 Å². The van der Waals surface area contributed by atoms with E-state index in [9.17, 15) is 10.2 Å². The number of aromatic nitrogens is 2. The summed E-state index contributed by atoms with van der Waals surface area (Å²) < 4.78 is 1.68. The van der Waals surface area contributed by atoms with Crippen molar-refractivity contribution in [2.45, 2.75) is 18.6 Å². The molecule has 0 amide bonds. The van der Waals surface area contributed by atoms with Gasteiger partial charge in [-0.05, 0) is 6.42 Å². The minimum absolute atomic E-state index is 0.148. The second-order valence-corrected chi connectivity index (χ2v) is 2.99. The van der Waals surface area contributed by atoms with Crippen LogP contribution in [0.15, 0.2) is 12.5 Å². The standard InChI is InChI=1S/C8H14N2O3/c1-10-4-6(9-5-10)8(13)7(12)2-3-11/h4-5,7-8,11-13H,2-3H2,1H3. The van der Waals surface area contributed by atoms with Crippen molar-refractivity contribution in [1.82, 2.24) is 9.55 Å². The molecule has 1 heterocycles. The first-order chi connectivity index (χ1) is 6.15. The summed E-state index contributed by atoms with van der Waals surface area (Å²) >= 11 is 0. The summed E-state index contributed by atoms with van der Waals surface area (Å²) in [5.74, 6) is 0. The topological polar surface area (TPSA) is 78.5 Å². The third kappa shape index (κ3) is 2.51. The fourth-order valence-corrected chi connectivity index (χ4v) is 1.07. The first-order valence-electron chi connectivity index (χ1n) is 4.10. The molecule has 0 bridgehead atoms. The van der Waals surface area contributed by atoms with Gasteiger partial charge in [0.05, 0.1) is 18.1 Å². The quantitative estimate of drug-likeness (QED) is 0.575. The van der Waals surface area contributed by atoms with E-state index in [0.717, 1.165) is 0 Å². The normalized spacial score (nSPS) is 15.7. The van der Waals surface area contributed by atoms with E-state index in [-0.39, 0.29) is 13.0 Å². The molecule has 0 aromatic carbocycles. The monoisotopic (exact) mass is 186 g/mol. The van der Waals surface area contributed by atoms with Crippen LogP contribution in [0.2, 0.25) is 0 Å².